The molecule has 17 heavy (non-hydrogen) atoms. The molecule has 98 valence electrons. The molecule has 2 heterocycles. The molecule has 0 aromatic rings. The maximum Gasteiger partial charge on any atom is 0.240 e. The highest BCUT2D eigenvalue weighted by Gasteiger charge is 2.42. The van der Waals surface area contributed by atoms with Crippen LogP contribution in [0.2, 0.25) is 0 Å². The fourth-order valence-electron chi connectivity index (χ4n) is 2.90. The monoisotopic (exact) mass is 240 g/mol. The lowest BCUT2D eigenvalue weighted by Crippen LogP contribution is -2.49. The predicted octanol–water partition coefficient (Wildman–Crippen LogP) is 1.21. The van der Waals surface area contributed by atoms with Crippen molar-refractivity contribution in [2.45, 2.75) is 52.4 Å². The van der Waals surface area contributed by atoms with Crippen molar-refractivity contribution < 1.29 is 9.53 Å². The molecule has 4 nitrogen and oxygen atoms in total. The molecular formula is C13H24N2O2. The normalized spacial score (nSPS) is 35.9. The van der Waals surface area contributed by atoms with E-state index < -0.39 is 0 Å². The van der Waals surface area contributed by atoms with Gasteiger partial charge in [-0.1, -0.05) is 13.8 Å². The van der Waals surface area contributed by atoms with Gasteiger partial charge in [-0.3, -0.25) is 10.1 Å². The fraction of sp³-hybridized carbons (Fsp3) is 0.923. The van der Waals surface area contributed by atoms with Crippen LogP contribution in [0.4, 0.5) is 0 Å². The van der Waals surface area contributed by atoms with Crippen LogP contribution in [-0.4, -0.2) is 42.3 Å². The number of amides is 1. The molecule has 0 aromatic heterocycles. The summed E-state index contributed by atoms with van der Waals surface area (Å²) in [5.41, 5.74) is 0. The Bertz CT molecular complexity index is 287. The van der Waals surface area contributed by atoms with Gasteiger partial charge in [0.15, 0.2) is 0 Å². The van der Waals surface area contributed by atoms with Gasteiger partial charge in [-0.05, 0) is 26.2 Å². The molecule has 4 atom stereocenters. The van der Waals surface area contributed by atoms with Gasteiger partial charge in [0.25, 0.3) is 0 Å². The van der Waals surface area contributed by atoms with Gasteiger partial charge in [0, 0.05) is 18.6 Å². The molecule has 1 N–H and O–H groups in total. The third-order valence-corrected chi connectivity index (χ3v) is 4.06. The smallest absolute Gasteiger partial charge is 0.240 e. The van der Waals surface area contributed by atoms with Crippen LogP contribution in [0, 0.1) is 11.8 Å². The first-order valence-electron chi connectivity index (χ1n) is 6.68. The van der Waals surface area contributed by atoms with Crippen molar-refractivity contribution in [3.63, 3.8) is 0 Å². The third-order valence-electron chi connectivity index (χ3n) is 4.06. The highest BCUT2D eigenvalue weighted by Crippen LogP contribution is 2.27. The van der Waals surface area contributed by atoms with Crippen molar-refractivity contribution in [3.05, 3.63) is 0 Å². The van der Waals surface area contributed by atoms with Gasteiger partial charge in [0.2, 0.25) is 5.91 Å². The first kappa shape index (κ1) is 12.8. The van der Waals surface area contributed by atoms with Gasteiger partial charge in [0.1, 0.15) is 0 Å². The molecule has 2 aliphatic heterocycles. The van der Waals surface area contributed by atoms with Crippen molar-refractivity contribution in [1.29, 1.82) is 0 Å². The molecule has 0 radical (unpaired) electrons. The number of carbonyl (C=O) groups is 1. The average Bonchev–Trinajstić information content (AvgIpc) is 2.88. The van der Waals surface area contributed by atoms with Gasteiger partial charge >= 0.3 is 0 Å². The number of nitrogens with one attached hydrogen (secondary N) is 1. The van der Waals surface area contributed by atoms with Crippen LogP contribution in [0.25, 0.3) is 0 Å². The number of carbonyl (C=O) groups excluding carboxylic acids is 1. The Kier molecular flexibility index (Phi) is 3.73. The molecular weight excluding hydrogens is 216 g/mol. The van der Waals surface area contributed by atoms with E-state index in [-0.39, 0.29) is 24.2 Å². The predicted molar refractivity (Wildman–Crippen MR) is 66.5 cm³/mol. The second-order valence-electron chi connectivity index (χ2n) is 5.69. The second kappa shape index (κ2) is 4.94. The van der Waals surface area contributed by atoms with E-state index in [0.29, 0.717) is 11.8 Å². The zero-order chi connectivity index (χ0) is 12.6. The van der Waals surface area contributed by atoms with Crippen LogP contribution < -0.4 is 5.32 Å². The molecule has 2 fully saturated rings. The molecule has 0 bridgehead atoms. The summed E-state index contributed by atoms with van der Waals surface area (Å²) in [6, 6.07) is 0.224. The number of ether oxygens (including phenoxy) is 1. The molecule has 2 saturated heterocycles. The quantitative estimate of drug-likeness (QED) is 0.806. The molecule has 4 heteroatoms. The summed E-state index contributed by atoms with van der Waals surface area (Å²) in [5.74, 6) is 1.17. The Hall–Kier alpha value is -0.610. The molecule has 0 saturated carbocycles. The van der Waals surface area contributed by atoms with Crippen molar-refractivity contribution >= 4 is 5.91 Å². The average molecular weight is 240 g/mol. The standard InChI is InChI=1S/C13H24N2O2/c1-8(2)12-14-9(3)13(16)15(12)10(4)11-5-6-17-7-11/h8-12,14H,5-7H2,1-4H3. The number of nitrogens with zero attached hydrogens (tertiary/aromatic N) is 1. The van der Waals surface area contributed by atoms with E-state index >= 15 is 0 Å². The van der Waals surface area contributed by atoms with E-state index in [1.54, 1.807) is 0 Å². The SMILES string of the molecule is CC1NC(C(C)C)N(C(C)C2CCOC2)C1=O. The summed E-state index contributed by atoms with van der Waals surface area (Å²) < 4.78 is 5.44. The number of hydrogen-bond donors (Lipinski definition) is 1. The molecule has 0 aliphatic carbocycles. The first-order valence-corrected chi connectivity index (χ1v) is 6.68. The van der Waals surface area contributed by atoms with E-state index in [1.807, 2.05) is 6.92 Å². The summed E-state index contributed by atoms with van der Waals surface area (Å²) in [6.45, 7) is 10.1. The molecule has 2 rings (SSSR count). The molecule has 2 aliphatic rings. The van der Waals surface area contributed by atoms with Crippen molar-refractivity contribution in [1.82, 2.24) is 10.2 Å². The Morgan fingerprint density at radius 2 is 2.12 bits per heavy atom. The van der Waals surface area contributed by atoms with Crippen LogP contribution in [-0.2, 0) is 9.53 Å². The van der Waals surface area contributed by atoms with E-state index in [4.69, 9.17) is 4.74 Å². The lowest BCUT2D eigenvalue weighted by Gasteiger charge is -2.35. The highest BCUT2D eigenvalue weighted by molar-refractivity contribution is 5.84. The summed E-state index contributed by atoms with van der Waals surface area (Å²) >= 11 is 0. The summed E-state index contributed by atoms with van der Waals surface area (Å²) in [7, 11) is 0. The number of rotatable bonds is 3. The molecule has 1 amide bonds. The van der Waals surface area contributed by atoms with E-state index in [2.05, 4.69) is 31.0 Å². The fourth-order valence-corrected chi connectivity index (χ4v) is 2.90. The minimum Gasteiger partial charge on any atom is -0.381 e. The summed E-state index contributed by atoms with van der Waals surface area (Å²) in [6.07, 6.45) is 1.25. The van der Waals surface area contributed by atoms with E-state index in [9.17, 15) is 4.79 Å². The van der Waals surface area contributed by atoms with Crippen LogP contribution in [0.5, 0.6) is 0 Å². The largest absolute Gasteiger partial charge is 0.381 e. The van der Waals surface area contributed by atoms with Gasteiger partial charge < -0.3 is 9.64 Å². The van der Waals surface area contributed by atoms with Gasteiger partial charge in [-0.25, -0.2) is 0 Å². The number of hydrogen-bond acceptors (Lipinski definition) is 3. The Balaban J connectivity index is 2.12. The Morgan fingerprint density at radius 3 is 2.65 bits per heavy atom. The third kappa shape index (κ3) is 2.33. The zero-order valence-electron chi connectivity index (χ0n) is 11.3. The Labute approximate surface area is 104 Å². The van der Waals surface area contributed by atoms with E-state index in [1.165, 1.54) is 0 Å². The minimum atomic E-state index is -0.0489. The van der Waals surface area contributed by atoms with Crippen LogP contribution in [0.1, 0.15) is 34.1 Å². The highest BCUT2D eigenvalue weighted by atomic mass is 16.5. The molecule has 0 aromatic carbocycles. The lowest BCUT2D eigenvalue weighted by atomic mass is 9.97. The van der Waals surface area contributed by atoms with Gasteiger partial charge in [-0.15, -0.1) is 0 Å². The topological polar surface area (TPSA) is 41.6 Å². The van der Waals surface area contributed by atoms with E-state index in [0.717, 1.165) is 19.6 Å². The molecule has 4 unspecified atom stereocenters. The zero-order valence-corrected chi connectivity index (χ0v) is 11.3. The Morgan fingerprint density at radius 1 is 1.41 bits per heavy atom. The molecule has 0 spiro atoms. The summed E-state index contributed by atoms with van der Waals surface area (Å²) in [5, 5.41) is 3.39. The minimum absolute atomic E-state index is 0.0489. The summed E-state index contributed by atoms with van der Waals surface area (Å²) in [4.78, 5) is 14.3. The second-order valence-corrected chi connectivity index (χ2v) is 5.69. The van der Waals surface area contributed by atoms with Gasteiger partial charge in [0.05, 0.1) is 18.8 Å². The van der Waals surface area contributed by atoms with Gasteiger partial charge in [-0.2, -0.15) is 0 Å². The lowest BCUT2D eigenvalue weighted by molar-refractivity contribution is -0.133. The maximum absolute atomic E-state index is 12.2. The van der Waals surface area contributed by atoms with Crippen molar-refractivity contribution in [2.75, 3.05) is 13.2 Å². The van der Waals surface area contributed by atoms with Crippen LogP contribution in [0.15, 0.2) is 0 Å². The maximum atomic E-state index is 12.2. The van der Waals surface area contributed by atoms with Crippen molar-refractivity contribution in [3.8, 4) is 0 Å². The first-order chi connectivity index (χ1) is 8.02. The van der Waals surface area contributed by atoms with Crippen LogP contribution >= 0.6 is 0 Å². The van der Waals surface area contributed by atoms with Crippen molar-refractivity contribution in [2.24, 2.45) is 11.8 Å². The van der Waals surface area contributed by atoms with Crippen LogP contribution in [0.3, 0.4) is 0 Å².